The van der Waals surface area contributed by atoms with Gasteiger partial charge in [0.2, 0.25) is 0 Å². The van der Waals surface area contributed by atoms with Crippen molar-refractivity contribution in [1.82, 2.24) is 4.90 Å². The number of likely N-dealkylation sites (tertiary alicyclic amines) is 1. The Kier molecular flexibility index (Phi) is 5.51. The predicted molar refractivity (Wildman–Crippen MR) is 116 cm³/mol. The Morgan fingerprint density at radius 2 is 1.79 bits per heavy atom. The summed E-state index contributed by atoms with van der Waals surface area (Å²) in [5.41, 5.74) is 7.44. The number of thiophene rings is 1. The Bertz CT molecular complexity index is 1050. The van der Waals surface area contributed by atoms with E-state index in [0.29, 0.717) is 16.0 Å². The predicted octanol–water partition coefficient (Wildman–Crippen LogP) is 3.94. The molecule has 0 atom stereocenters. The standard InChI is InChI=1S/C22H23N3O3S/c23-20(27)19-17-12-16(26)8-9-18(17)29-22(19)24-21(28)15-6-4-14(5-7-15)13-25-10-2-1-3-11-25/h4-9,12,26H,1-3,10-11,13H2,(H2,23,27)(H,24,28). The van der Waals surface area contributed by atoms with E-state index in [-0.39, 0.29) is 17.2 Å². The van der Waals surface area contributed by atoms with Crippen molar-refractivity contribution in [2.45, 2.75) is 25.8 Å². The minimum Gasteiger partial charge on any atom is -0.508 e. The van der Waals surface area contributed by atoms with Crippen LogP contribution < -0.4 is 11.1 Å². The lowest BCUT2D eigenvalue weighted by Crippen LogP contribution is -2.29. The molecule has 0 bridgehead atoms. The molecule has 1 aromatic heterocycles. The van der Waals surface area contributed by atoms with Crippen LogP contribution in [-0.2, 0) is 6.54 Å². The quantitative estimate of drug-likeness (QED) is 0.595. The van der Waals surface area contributed by atoms with Gasteiger partial charge in [-0.15, -0.1) is 11.3 Å². The van der Waals surface area contributed by atoms with Crippen LogP contribution in [0.5, 0.6) is 5.75 Å². The summed E-state index contributed by atoms with van der Waals surface area (Å²) in [5.74, 6) is -0.901. The number of hydrogen-bond donors (Lipinski definition) is 3. The van der Waals surface area contributed by atoms with Gasteiger partial charge in [-0.05, 0) is 61.8 Å². The zero-order valence-electron chi connectivity index (χ0n) is 16.0. The van der Waals surface area contributed by atoms with Crippen LogP contribution in [0.3, 0.4) is 0 Å². The summed E-state index contributed by atoms with van der Waals surface area (Å²) in [6, 6.07) is 12.3. The van der Waals surface area contributed by atoms with Crippen LogP contribution in [0.25, 0.3) is 10.1 Å². The second-order valence-electron chi connectivity index (χ2n) is 7.34. The first-order valence-corrected chi connectivity index (χ1v) is 10.5. The Balaban J connectivity index is 1.52. The Morgan fingerprint density at radius 1 is 1.07 bits per heavy atom. The van der Waals surface area contributed by atoms with Crippen LogP contribution in [-0.4, -0.2) is 34.9 Å². The van der Waals surface area contributed by atoms with Gasteiger partial charge in [0.15, 0.2) is 0 Å². The SMILES string of the molecule is NC(=O)c1c(NC(=O)c2ccc(CN3CCCCC3)cc2)sc2ccc(O)cc12. The molecule has 6 nitrogen and oxygen atoms in total. The molecule has 150 valence electrons. The van der Waals surface area contributed by atoms with Gasteiger partial charge in [0.05, 0.1) is 5.56 Å². The van der Waals surface area contributed by atoms with E-state index in [9.17, 15) is 14.7 Å². The van der Waals surface area contributed by atoms with Gasteiger partial charge in [-0.3, -0.25) is 14.5 Å². The van der Waals surface area contributed by atoms with Crippen LogP contribution in [0, 0.1) is 0 Å². The number of phenols is 1. The summed E-state index contributed by atoms with van der Waals surface area (Å²) in [4.78, 5) is 27.1. The lowest BCUT2D eigenvalue weighted by Gasteiger charge is -2.26. The molecular formula is C22H23N3O3S. The molecule has 29 heavy (non-hydrogen) atoms. The molecule has 2 aromatic carbocycles. The van der Waals surface area contributed by atoms with Gasteiger partial charge in [-0.1, -0.05) is 18.6 Å². The van der Waals surface area contributed by atoms with E-state index in [1.54, 1.807) is 18.2 Å². The molecule has 0 spiro atoms. The first-order chi connectivity index (χ1) is 14.0. The number of phenolic OH excluding ortho intramolecular Hbond substituents is 1. The molecule has 7 heteroatoms. The second-order valence-corrected chi connectivity index (χ2v) is 8.39. The average Bonchev–Trinajstić information content (AvgIpc) is 3.06. The fourth-order valence-corrected chi connectivity index (χ4v) is 4.81. The van der Waals surface area contributed by atoms with Crippen LogP contribution in [0.2, 0.25) is 0 Å². The number of fused-ring (bicyclic) bond motifs is 1. The number of piperidine rings is 1. The third kappa shape index (κ3) is 4.26. The first kappa shape index (κ1) is 19.4. The average molecular weight is 410 g/mol. The maximum Gasteiger partial charge on any atom is 0.256 e. The second kappa shape index (κ2) is 8.23. The zero-order chi connectivity index (χ0) is 20.4. The van der Waals surface area contributed by atoms with E-state index >= 15 is 0 Å². The van der Waals surface area contributed by atoms with Gasteiger partial charge < -0.3 is 16.2 Å². The number of nitrogens with one attached hydrogen (secondary N) is 1. The molecule has 4 rings (SSSR count). The smallest absolute Gasteiger partial charge is 0.256 e. The number of carbonyl (C=O) groups is 2. The Labute approximate surface area is 172 Å². The number of carbonyl (C=O) groups excluding carboxylic acids is 2. The Morgan fingerprint density at radius 3 is 2.48 bits per heavy atom. The molecule has 1 saturated heterocycles. The van der Waals surface area contributed by atoms with Crippen molar-refractivity contribution in [3.63, 3.8) is 0 Å². The van der Waals surface area contributed by atoms with Gasteiger partial charge in [0, 0.05) is 22.2 Å². The maximum atomic E-state index is 12.7. The minimum absolute atomic E-state index is 0.0416. The van der Waals surface area contributed by atoms with Crippen molar-refractivity contribution < 1.29 is 14.7 Å². The van der Waals surface area contributed by atoms with Crippen LogP contribution >= 0.6 is 11.3 Å². The van der Waals surface area contributed by atoms with Crippen molar-refractivity contribution in [2.75, 3.05) is 18.4 Å². The molecule has 4 N–H and O–H groups in total. The van der Waals surface area contributed by atoms with Crippen LogP contribution in [0.4, 0.5) is 5.00 Å². The first-order valence-electron chi connectivity index (χ1n) is 9.69. The van der Waals surface area contributed by atoms with E-state index in [0.717, 1.165) is 24.3 Å². The number of anilines is 1. The normalized spacial score (nSPS) is 14.8. The monoisotopic (exact) mass is 409 g/mol. The van der Waals surface area contributed by atoms with Crippen molar-refractivity contribution >= 4 is 38.2 Å². The molecule has 0 unspecified atom stereocenters. The number of primary amides is 1. The van der Waals surface area contributed by atoms with E-state index in [1.807, 2.05) is 12.1 Å². The number of rotatable bonds is 5. The van der Waals surface area contributed by atoms with E-state index in [1.165, 1.54) is 48.3 Å². The Hall–Kier alpha value is -2.90. The van der Waals surface area contributed by atoms with Crippen LogP contribution in [0.15, 0.2) is 42.5 Å². The third-order valence-electron chi connectivity index (χ3n) is 5.22. The van der Waals surface area contributed by atoms with Gasteiger partial charge in [0.25, 0.3) is 11.8 Å². The van der Waals surface area contributed by atoms with Crippen molar-refractivity contribution in [2.24, 2.45) is 5.73 Å². The molecule has 2 amide bonds. The highest BCUT2D eigenvalue weighted by molar-refractivity contribution is 7.23. The summed E-state index contributed by atoms with van der Waals surface area (Å²) in [5, 5.41) is 13.4. The van der Waals surface area contributed by atoms with Gasteiger partial charge in [0.1, 0.15) is 10.8 Å². The summed E-state index contributed by atoms with van der Waals surface area (Å²) < 4.78 is 0.767. The lowest BCUT2D eigenvalue weighted by atomic mass is 10.1. The highest BCUT2D eigenvalue weighted by Crippen LogP contribution is 2.37. The number of amides is 2. The molecular weight excluding hydrogens is 386 g/mol. The number of nitrogens with zero attached hydrogens (tertiary/aromatic N) is 1. The van der Waals surface area contributed by atoms with Gasteiger partial charge in [-0.25, -0.2) is 0 Å². The van der Waals surface area contributed by atoms with Crippen molar-refractivity contribution in [3.05, 3.63) is 59.2 Å². The summed E-state index contributed by atoms with van der Waals surface area (Å²) in [6.07, 6.45) is 3.80. The molecule has 1 aliphatic heterocycles. The third-order valence-corrected chi connectivity index (χ3v) is 6.30. The molecule has 0 aliphatic carbocycles. The fraction of sp³-hybridized carbons (Fsp3) is 0.273. The molecule has 2 heterocycles. The number of hydrogen-bond acceptors (Lipinski definition) is 5. The van der Waals surface area contributed by atoms with Gasteiger partial charge >= 0.3 is 0 Å². The lowest BCUT2D eigenvalue weighted by molar-refractivity contribution is 0.100. The molecule has 3 aromatic rings. The number of nitrogens with two attached hydrogens (primary N) is 1. The van der Waals surface area contributed by atoms with E-state index in [2.05, 4.69) is 10.2 Å². The summed E-state index contributed by atoms with van der Waals surface area (Å²) in [7, 11) is 0. The van der Waals surface area contributed by atoms with Crippen molar-refractivity contribution in [3.8, 4) is 5.75 Å². The topological polar surface area (TPSA) is 95.7 Å². The summed E-state index contributed by atoms with van der Waals surface area (Å²) >= 11 is 1.26. The highest BCUT2D eigenvalue weighted by Gasteiger charge is 2.20. The van der Waals surface area contributed by atoms with E-state index < -0.39 is 5.91 Å². The minimum atomic E-state index is -0.644. The van der Waals surface area contributed by atoms with Crippen molar-refractivity contribution in [1.29, 1.82) is 0 Å². The largest absolute Gasteiger partial charge is 0.508 e. The number of benzene rings is 2. The van der Waals surface area contributed by atoms with Gasteiger partial charge in [-0.2, -0.15) is 0 Å². The molecule has 1 aliphatic rings. The molecule has 0 radical (unpaired) electrons. The summed E-state index contributed by atoms with van der Waals surface area (Å²) in [6.45, 7) is 3.15. The zero-order valence-corrected chi connectivity index (χ0v) is 16.8. The van der Waals surface area contributed by atoms with Crippen LogP contribution in [0.1, 0.15) is 45.5 Å². The molecule has 0 saturated carbocycles. The van der Waals surface area contributed by atoms with E-state index in [4.69, 9.17) is 5.73 Å². The highest BCUT2D eigenvalue weighted by atomic mass is 32.1. The fourth-order valence-electron chi connectivity index (χ4n) is 3.73. The number of aromatic hydroxyl groups is 1. The maximum absolute atomic E-state index is 12.7. The molecule has 1 fully saturated rings.